The van der Waals surface area contributed by atoms with E-state index in [1.165, 1.54) is 0 Å². The van der Waals surface area contributed by atoms with E-state index in [4.69, 9.17) is 9.47 Å². The molecular weight excluding hydrogens is 394 g/mol. The fourth-order valence-electron chi connectivity index (χ4n) is 2.89. The Bertz CT molecular complexity index is 1170. The van der Waals surface area contributed by atoms with Crippen LogP contribution in [0.2, 0.25) is 0 Å². The minimum absolute atomic E-state index is 0.0691. The summed E-state index contributed by atoms with van der Waals surface area (Å²) in [6.07, 6.45) is 5.13. The molecule has 0 aliphatic rings. The van der Waals surface area contributed by atoms with Crippen molar-refractivity contribution in [3.8, 4) is 23.2 Å². The second kappa shape index (κ2) is 9.08. The van der Waals surface area contributed by atoms with E-state index >= 15 is 0 Å². The number of amides is 1. The molecule has 0 radical (unpaired) electrons. The summed E-state index contributed by atoms with van der Waals surface area (Å²) in [4.78, 5) is 24.9. The molecule has 156 valence electrons. The van der Waals surface area contributed by atoms with Crippen molar-refractivity contribution in [3.63, 3.8) is 0 Å². The van der Waals surface area contributed by atoms with Gasteiger partial charge in [-0.05, 0) is 49.7 Å². The molecule has 1 N–H and O–H groups in total. The molecule has 0 fully saturated rings. The Kier molecular flexibility index (Phi) is 5.89. The van der Waals surface area contributed by atoms with Crippen LogP contribution in [-0.4, -0.2) is 32.0 Å². The Morgan fingerprint density at radius 2 is 1.87 bits per heavy atom. The molecule has 2 heterocycles. The molecule has 2 aromatic heterocycles. The SMILES string of the molecule is Cc1nc(Oc2ccc(NC(=O)COc3ccccc3C)cc2)cc(-n2ccnc2)n1. The lowest BCUT2D eigenvalue weighted by molar-refractivity contribution is -0.118. The lowest BCUT2D eigenvalue weighted by atomic mass is 10.2. The summed E-state index contributed by atoms with van der Waals surface area (Å²) in [5.41, 5.74) is 1.62. The summed E-state index contributed by atoms with van der Waals surface area (Å²) in [7, 11) is 0. The lowest BCUT2D eigenvalue weighted by Gasteiger charge is -2.10. The second-order valence-corrected chi connectivity index (χ2v) is 6.81. The van der Waals surface area contributed by atoms with Gasteiger partial charge in [-0.3, -0.25) is 9.36 Å². The number of nitrogens with zero attached hydrogens (tertiary/aromatic N) is 4. The quantitative estimate of drug-likeness (QED) is 0.489. The molecule has 0 saturated carbocycles. The smallest absolute Gasteiger partial charge is 0.262 e. The van der Waals surface area contributed by atoms with E-state index in [1.807, 2.05) is 31.2 Å². The predicted octanol–water partition coefficient (Wildman–Crippen LogP) is 4.09. The number of rotatable bonds is 7. The number of hydrogen-bond acceptors (Lipinski definition) is 6. The molecule has 31 heavy (non-hydrogen) atoms. The minimum atomic E-state index is -0.242. The van der Waals surface area contributed by atoms with E-state index in [1.54, 1.807) is 60.5 Å². The summed E-state index contributed by atoms with van der Waals surface area (Å²) < 4.78 is 13.2. The van der Waals surface area contributed by atoms with Gasteiger partial charge in [-0.15, -0.1) is 0 Å². The van der Waals surface area contributed by atoms with Crippen LogP contribution < -0.4 is 14.8 Å². The highest BCUT2D eigenvalue weighted by molar-refractivity contribution is 5.91. The summed E-state index contributed by atoms with van der Waals surface area (Å²) in [6.45, 7) is 3.66. The highest BCUT2D eigenvalue weighted by Crippen LogP contribution is 2.23. The molecule has 0 bridgehead atoms. The van der Waals surface area contributed by atoms with E-state index in [2.05, 4.69) is 20.3 Å². The van der Waals surface area contributed by atoms with Crippen molar-refractivity contribution in [2.45, 2.75) is 13.8 Å². The van der Waals surface area contributed by atoms with Crippen LogP contribution in [0.15, 0.2) is 73.3 Å². The van der Waals surface area contributed by atoms with Gasteiger partial charge in [-0.2, -0.15) is 4.98 Å². The zero-order chi connectivity index (χ0) is 21.6. The first kappa shape index (κ1) is 20.1. The lowest BCUT2D eigenvalue weighted by Crippen LogP contribution is -2.20. The number of hydrogen-bond donors (Lipinski definition) is 1. The summed E-state index contributed by atoms with van der Waals surface area (Å²) in [5.74, 6) is 2.70. The van der Waals surface area contributed by atoms with E-state index in [0.29, 0.717) is 34.7 Å². The van der Waals surface area contributed by atoms with Crippen molar-refractivity contribution >= 4 is 11.6 Å². The molecule has 4 rings (SSSR count). The van der Waals surface area contributed by atoms with Gasteiger partial charge < -0.3 is 14.8 Å². The number of carbonyl (C=O) groups excluding carboxylic acids is 1. The van der Waals surface area contributed by atoms with Crippen LogP contribution in [0.3, 0.4) is 0 Å². The first-order chi connectivity index (χ1) is 15.1. The summed E-state index contributed by atoms with van der Waals surface area (Å²) in [5, 5.41) is 2.80. The Labute approximate surface area is 179 Å². The van der Waals surface area contributed by atoms with Crippen molar-refractivity contribution in [1.29, 1.82) is 0 Å². The Hall–Kier alpha value is -4.20. The molecule has 0 aliphatic heterocycles. The van der Waals surface area contributed by atoms with Crippen LogP contribution in [0, 0.1) is 13.8 Å². The maximum Gasteiger partial charge on any atom is 0.262 e. The van der Waals surface area contributed by atoms with Crippen molar-refractivity contribution < 1.29 is 14.3 Å². The number of ether oxygens (including phenoxy) is 2. The summed E-state index contributed by atoms with van der Waals surface area (Å²) >= 11 is 0. The molecule has 4 aromatic rings. The molecular formula is C23H21N5O3. The number of nitrogens with one attached hydrogen (secondary N) is 1. The molecule has 0 saturated heterocycles. The molecule has 0 unspecified atom stereocenters. The van der Waals surface area contributed by atoms with Crippen LogP contribution in [-0.2, 0) is 4.79 Å². The molecule has 8 heteroatoms. The Morgan fingerprint density at radius 1 is 1.06 bits per heavy atom. The van der Waals surface area contributed by atoms with Gasteiger partial charge in [-0.1, -0.05) is 18.2 Å². The molecule has 1 amide bonds. The van der Waals surface area contributed by atoms with Crippen LogP contribution in [0.1, 0.15) is 11.4 Å². The highest BCUT2D eigenvalue weighted by Gasteiger charge is 2.08. The normalized spacial score (nSPS) is 10.5. The average molecular weight is 415 g/mol. The largest absolute Gasteiger partial charge is 0.483 e. The van der Waals surface area contributed by atoms with Gasteiger partial charge in [-0.25, -0.2) is 9.97 Å². The second-order valence-electron chi connectivity index (χ2n) is 6.81. The van der Waals surface area contributed by atoms with Crippen molar-refractivity contribution in [3.05, 3.63) is 84.7 Å². The first-order valence-corrected chi connectivity index (χ1v) is 9.67. The van der Waals surface area contributed by atoms with Crippen LogP contribution >= 0.6 is 0 Å². The third-order valence-corrected chi connectivity index (χ3v) is 4.38. The number of benzene rings is 2. The van der Waals surface area contributed by atoms with Crippen LogP contribution in [0.4, 0.5) is 5.69 Å². The number of carbonyl (C=O) groups is 1. The third-order valence-electron chi connectivity index (χ3n) is 4.38. The van der Waals surface area contributed by atoms with Crippen molar-refractivity contribution in [1.82, 2.24) is 19.5 Å². The maximum atomic E-state index is 12.2. The third kappa shape index (κ3) is 5.24. The van der Waals surface area contributed by atoms with Crippen molar-refractivity contribution in [2.24, 2.45) is 0 Å². The van der Waals surface area contributed by atoms with Crippen LogP contribution in [0.5, 0.6) is 17.4 Å². The van der Waals surface area contributed by atoms with Crippen LogP contribution in [0.25, 0.3) is 5.82 Å². The zero-order valence-electron chi connectivity index (χ0n) is 17.1. The van der Waals surface area contributed by atoms with Gasteiger partial charge in [0.05, 0.1) is 0 Å². The highest BCUT2D eigenvalue weighted by atomic mass is 16.5. The Balaban J connectivity index is 1.36. The maximum absolute atomic E-state index is 12.2. The average Bonchev–Trinajstić information content (AvgIpc) is 3.29. The predicted molar refractivity (Wildman–Crippen MR) is 116 cm³/mol. The van der Waals surface area contributed by atoms with E-state index in [-0.39, 0.29) is 12.5 Å². The number of para-hydroxylation sites is 1. The van der Waals surface area contributed by atoms with E-state index < -0.39 is 0 Å². The van der Waals surface area contributed by atoms with Gasteiger partial charge in [0, 0.05) is 24.1 Å². The van der Waals surface area contributed by atoms with Crippen molar-refractivity contribution in [2.75, 3.05) is 11.9 Å². The number of aromatic nitrogens is 4. The molecule has 8 nitrogen and oxygen atoms in total. The zero-order valence-corrected chi connectivity index (χ0v) is 17.1. The van der Waals surface area contributed by atoms with Gasteiger partial charge in [0.15, 0.2) is 6.61 Å². The standard InChI is InChI=1S/C23H21N5O3/c1-16-5-3-4-6-20(16)30-14-22(29)27-18-7-9-19(10-8-18)31-23-13-21(25-17(2)26-23)28-12-11-24-15-28/h3-13,15H,14H2,1-2H3,(H,27,29). The van der Waals surface area contributed by atoms with Gasteiger partial charge in [0.2, 0.25) is 5.88 Å². The van der Waals surface area contributed by atoms with E-state index in [9.17, 15) is 4.79 Å². The van der Waals surface area contributed by atoms with Gasteiger partial charge in [0.25, 0.3) is 5.91 Å². The summed E-state index contributed by atoms with van der Waals surface area (Å²) in [6, 6.07) is 16.3. The molecule has 0 spiro atoms. The van der Waals surface area contributed by atoms with Gasteiger partial charge in [0.1, 0.15) is 29.5 Å². The fourth-order valence-corrected chi connectivity index (χ4v) is 2.89. The van der Waals surface area contributed by atoms with Gasteiger partial charge >= 0.3 is 0 Å². The molecule has 0 aliphatic carbocycles. The number of aryl methyl sites for hydroxylation is 2. The molecule has 2 aromatic carbocycles. The monoisotopic (exact) mass is 415 g/mol. The fraction of sp³-hybridized carbons (Fsp3) is 0.130. The number of anilines is 1. The van der Waals surface area contributed by atoms with E-state index in [0.717, 1.165) is 5.56 Å². The first-order valence-electron chi connectivity index (χ1n) is 9.67. The minimum Gasteiger partial charge on any atom is -0.483 e. The molecule has 0 atom stereocenters. The Morgan fingerprint density at radius 3 is 2.61 bits per heavy atom. The number of imidazole rings is 1. The topological polar surface area (TPSA) is 91.2 Å².